The summed E-state index contributed by atoms with van der Waals surface area (Å²) in [6.07, 6.45) is 0.875. The zero-order chi connectivity index (χ0) is 18.5. The molecule has 1 aliphatic heterocycles. The molecule has 1 atom stereocenters. The molecule has 27 heavy (non-hydrogen) atoms. The zero-order valence-corrected chi connectivity index (χ0v) is 15.9. The maximum Gasteiger partial charge on any atom is 0.214 e. The molecule has 0 amide bonds. The first-order valence-corrected chi connectivity index (χ1v) is 10.4. The monoisotopic (exact) mass is 384 g/mol. The third-order valence-electron chi connectivity index (χ3n) is 5.02. The Morgan fingerprint density at radius 2 is 1.78 bits per heavy atom. The number of aromatic nitrogens is 4. The first kappa shape index (κ1) is 18.1. The van der Waals surface area contributed by atoms with Gasteiger partial charge in [-0.1, -0.05) is 30.3 Å². The van der Waals surface area contributed by atoms with E-state index in [9.17, 15) is 4.39 Å². The molecule has 0 aliphatic carbocycles. The highest BCUT2D eigenvalue weighted by atomic mass is 32.2. The third kappa shape index (κ3) is 4.36. The average molecular weight is 385 g/mol. The molecule has 140 valence electrons. The molecule has 1 fully saturated rings. The minimum Gasteiger partial charge on any atom is -0.321 e. The lowest BCUT2D eigenvalue weighted by atomic mass is 10.0. The van der Waals surface area contributed by atoms with E-state index in [2.05, 4.69) is 27.7 Å². The van der Waals surface area contributed by atoms with Crippen LogP contribution in [0, 0.1) is 5.82 Å². The van der Waals surface area contributed by atoms with Crippen molar-refractivity contribution < 1.29 is 9.29 Å². The minimum absolute atomic E-state index is 0.0253. The van der Waals surface area contributed by atoms with Gasteiger partial charge in [-0.2, -0.15) is 11.8 Å². The van der Waals surface area contributed by atoms with Gasteiger partial charge in [0.1, 0.15) is 5.82 Å². The van der Waals surface area contributed by atoms with E-state index in [0.29, 0.717) is 0 Å². The second-order valence-corrected chi connectivity index (χ2v) is 7.98. The second-order valence-electron chi connectivity index (χ2n) is 6.75. The first-order valence-electron chi connectivity index (χ1n) is 9.29. The summed E-state index contributed by atoms with van der Waals surface area (Å²) < 4.78 is 15.4. The number of halogens is 1. The van der Waals surface area contributed by atoms with Gasteiger partial charge in [0.2, 0.25) is 5.82 Å². The van der Waals surface area contributed by atoms with Gasteiger partial charge in [0, 0.05) is 23.6 Å². The van der Waals surface area contributed by atoms with Crippen molar-refractivity contribution in [3.8, 4) is 0 Å². The van der Waals surface area contributed by atoms with Gasteiger partial charge in [-0.3, -0.25) is 0 Å². The minimum atomic E-state index is -0.217. The summed E-state index contributed by atoms with van der Waals surface area (Å²) in [5.41, 5.74) is 2.33. The molecule has 0 spiro atoms. The molecule has 2 aromatic carbocycles. The Balaban J connectivity index is 1.62. The van der Waals surface area contributed by atoms with Gasteiger partial charge >= 0.3 is 0 Å². The predicted molar refractivity (Wildman–Crippen MR) is 104 cm³/mol. The Morgan fingerprint density at radius 1 is 1.04 bits per heavy atom. The van der Waals surface area contributed by atoms with Gasteiger partial charge in [0.15, 0.2) is 6.04 Å². The highest BCUT2D eigenvalue weighted by Gasteiger charge is 2.32. The molecule has 1 aromatic heterocycles. The van der Waals surface area contributed by atoms with E-state index in [0.717, 1.165) is 48.9 Å². The summed E-state index contributed by atoms with van der Waals surface area (Å²) >= 11 is 1.98. The number of nitrogens with one attached hydrogen (secondary N) is 1. The Hall–Kier alpha value is -2.25. The number of thioether (sulfide) groups is 1. The third-order valence-corrected chi connectivity index (χ3v) is 6.01. The molecule has 1 saturated heterocycles. The van der Waals surface area contributed by atoms with E-state index in [1.165, 1.54) is 22.6 Å². The van der Waals surface area contributed by atoms with Crippen LogP contribution in [0.15, 0.2) is 54.6 Å². The number of aryl methyl sites for hydroxylation is 2. The fraction of sp³-hybridized carbons (Fsp3) is 0.350. The number of quaternary nitrogens is 1. The van der Waals surface area contributed by atoms with Gasteiger partial charge < -0.3 is 4.90 Å². The van der Waals surface area contributed by atoms with E-state index in [1.807, 2.05) is 46.8 Å². The first-order chi connectivity index (χ1) is 13.3. The number of tetrazole rings is 1. The van der Waals surface area contributed by atoms with Crippen molar-refractivity contribution in [2.45, 2.75) is 19.0 Å². The summed E-state index contributed by atoms with van der Waals surface area (Å²) in [6, 6.07) is 17.2. The van der Waals surface area contributed by atoms with Crippen LogP contribution in [0.25, 0.3) is 0 Å². The molecule has 3 aromatic rings. The molecular formula is C20H23FN5S+. The van der Waals surface area contributed by atoms with Crippen molar-refractivity contribution >= 4 is 11.8 Å². The summed E-state index contributed by atoms with van der Waals surface area (Å²) in [5.74, 6) is 2.89. The number of nitrogens with zero attached hydrogens (tertiary/aromatic N) is 4. The van der Waals surface area contributed by atoms with E-state index in [4.69, 9.17) is 0 Å². The molecule has 0 bridgehead atoms. The van der Waals surface area contributed by atoms with E-state index < -0.39 is 0 Å². The zero-order valence-electron chi connectivity index (χ0n) is 15.1. The summed E-state index contributed by atoms with van der Waals surface area (Å²) in [5, 5.41) is 12.6. The summed E-state index contributed by atoms with van der Waals surface area (Å²) in [7, 11) is 0. The molecule has 5 nitrogen and oxygen atoms in total. The number of hydrogen-bond donors (Lipinski definition) is 1. The standard InChI is InChI=1S/C20H22FN5S/c21-18-8-6-17(7-9-18)19(25-12-14-27-15-13-25)20-22-23-24-26(20)11-10-16-4-2-1-3-5-16/h1-9,19H,10-15H2/p+1/t19-/m0/s1. The molecule has 0 radical (unpaired) electrons. The molecule has 1 aliphatic rings. The maximum absolute atomic E-state index is 13.5. The van der Waals surface area contributed by atoms with E-state index >= 15 is 0 Å². The Morgan fingerprint density at radius 3 is 2.52 bits per heavy atom. The Labute approximate surface area is 162 Å². The topological polar surface area (TPSA) is 48.0 Å². The molecule has 7 heteroatoms. The number of hydrogen-bond acceptors (Lipinski definition) is 4. The van der Waals surface area contributed by atoms with Crippen LogP contribution >= 0.6 is 11.8 Å². The van der Waals surface area contributed by atoms with Crippen molar-refractivity contribution in [3.63, 3.8) is 0 Å². The van der Waals surface area contributed by atoms with Gasteiger partial charge in [0.05, 0.1) is 13.1 Å². The van der Waals surface area contributed by atoms with Crippen LogP contribution in [0.1, 0.15) is 23.0 Å². The smallest absolute Gasteiger partial charge is 0.214 e. The van der Waals surface area contributed by atoms with Crippen molar-refractivity contribution in [2.24, 2.45) is 0 Å². The Kier molecular flexibility index (Phi) is 5.79. The van der Waals surface area contributed by atoms with E-state index in [-0.39, 0.29) is 11.9 Å². The molecular weight excluding hydrogens is 361 g/mol. The Bertz CT molecular complexity index is 846. The van der Waals surface area contributed by atoms with Crippen molar-refractivity contribution in [2.75, 3.05) is 24.6 Å². The molecule has 2 heterocycles. The number of benzene rings is 2. The van der Waals surface area contributed by atoms with Gasteiger partial charge in [-0.05, 0) is 46.7 Å². The predicted octanol–water partition coefficient (Wildman–Crippen LogP) is 1.78. The van der Waals surface area contributed by atoms with Crippen LogP contribution in [-0.2, 0) is 13.0 Å². The maximum atomic E-state index is 13.5. The van der Waals surface area contributed by atoms with Crippen LogP contribution in [0.4, 0.5) is 4.39 Å². The fourth-order valence-corrected chi connectivity index (χ4v) is 4.62. The lowest BCUT2D eigenvalue weighted by Gasteiger charge is -2.30. The van der Waals surface area contributed by atoms with Gasteiger partial charge in [0.25, 0.3) is 0 Å². The highest BCUT2D eigenvalue weighted by molar-refractivity contribution is 7.99. The normalized spacial score (nSPS) is 16.3. The fourth-order valence-electron chi connectivity index (χ4n) is 3.60. The lowest BCUT2D eigenvalue weighted by Crippen LogP contribution is -3.14. The van der Waals surface area contributed by atoms with Crippen molar-refractivity contribution in [1.29, 1.82) is 0 Å². The van der Waals surface area contributed by atoms with Crippen LogP contribution in [-0.4, -0.2) is 44.8 Å². The second kappa shape index (κ2) is 8.63. The molecule has 0 saturated carbocycles. The van der Waals surface area contributed by atoms with Gasteiger partial charge in [-0.25, -0.2) is 9.07 Å². The quantitative estimate of drug-likeness (QED) is 0.704. The van der Waals surface area contributed by atoms with Crippen molar-refractivity contribution in [3.05, 3.63) is 77.4 Å². The lowest BCUT2D eigenvalue weighted by molar-refractivity contribution is -0.922. The van der Waals surface area contributed by atoms with Crippen LogP contribution in [0.5, 0.6) is 0 Å². The SMILES string of the molecule is Fc1ccc([C@@H](c2nnnn2CCc2ccccc2)[NH+]2CCSCC2)cc1. The van der Waals surface area contributed by atoms with Gasteiger partial charge in [-0.15, -0.1) is 5.10 Å². The van der Waals surface area contributed by atoms with Crippen LogP contribution in [0.2, 0.25) is 0 Å². The number of rotatable bonds is 6. The average Bonchev–Trinajstić information content (AvgIpc) is 3.18. The largest absolute Gasteiger partial charge is 0.321 e. The van der Waals surface area contributed by atoms with Crippen LogP contribution in [0.3, 0.4) is 0 Å². The summed E-state index contributed by atoms with van der Waals surface area (Å²) in [6.45, 7) is 2.84. The van der Waals surface area contributed by atoms with Crippen LogP contribution < -0.4 is 4.90 Å². The molecule has 1 N–H and O–H groups in total. The van der Waals surface area contributed by atoms with Crippen molar-refractivity contribution in [1.82, 2.24) is 20.2 Å². The summed E-state index contributed by atoms with van der Waals surface area (Å²) in [4.78, 5) is 1.44. The highest BCUT2D eigenvalue weighted by Crippen LogP contribution is 2.19. The van der Waals surface area contributed by atoms with E-state index in [1.54, 1.807) is 0 Å². The molecule has 4 rings (SSSR count). The molecule has 0 unspecified atom stereocenters.